The van der Waals surface area contributed by atoms with Gasteiger partial charge in [0.25, 0.3) is 0 Å². The monoisotopic (exact) mass is 276 g/mol. The third kappa shape index (κ3) is 6.60. The molecule has 0 aromatic heterocycles. The van der Waals surface area contributed by atoms with E-state index in [-0.39, 0.29) is 24.2 Å². The highest BCUT2D eigenvalue weighted by atomic mass is 35.5. The van der Waals surface area contributed by atoms with Crippen LogP contribution in [0, 0.1) is 11.8 Å². The number of carbonyl (C=O) groups excluding carboxylic acids is 1. The minimum Gasteiger partial charge on any atom is -0.356 e. The summed E-state index contributed by atoms with van der Waals surface area (Å²) in [5, 5.41) is 2.99. The summed E-state index contributed by atoms with van der Waals surface area (Å²) in [6.07, 6.45) is 9.54. The first-order valence-electron chi connectivity index (χ1n) is 7.25. The number of rotatable bonds is 7. The minimum atomic E-state index is 0. The average molecular weight is 277 g/mol. The Kier molecular flexibility index (Phi) is 10.5. The maximum Gasteiger partial charge on any atom is 0.223 e. The van der Waals surface area contributed by atoms with Gasteiger partial charge < -0.3 is 11.1 Å². The lowest BCUT2D eigenvalue weighted by Crippen LogP contribution is -2.34. The van der Waals surface area contributed by atoms with Crippen LogP contribution in [0.5, 0.6) is 0 Å². The normalized spacial score (nSPS) is 23.2. The van der Waals surface area contributed by atoms with E-state index in [2.05, 4.69) is 12.2 Å². The number of nitrogens with one attached hydrogen (secondary N) is 1. The Hall–Kier alpha value is -0.280. The van der Waals surface area contributed by atoms with E-state index in [1.807, 2.05) is 0 Å². The van der Waals surface area contributed by atoms with E-state index in [9.17, 15) is 4.79 Å². The van der Waals surface area contributed by atoms with Gasteiger partial charge in [0.2, 0.25) is 5.91 Å². The van der Waals surface area contributed by atoms with Crippen LogP contribution in [0.25, 0.3) is 0 Å². The van der Waals surface area contributed by atoms with Gasteiger partial charge in [-0.2, -0.15) is 0 Å². The maximum absolute atomic E-state index is 11.8. The molecule has 0 bridgehead atoms. The van der Waals surface area contributed by atoms with Crippen LogP contribution in [0.15, 0.2) is 0 Å². The quantitative estimate of drug-likeness (QED) is 0.703. The molecule has 0 saturated heterocycles. The van der Waals surface area contributed by atoms with E-state index in [4.69, 9.17) is 5.73 Å². The van der Waals surface area contributed by atoms with Gasteiger partial charge in [-0.25, -0.2) is 0 Å². The third-order valence-electron chi connectivity index (χ3n) is 3.86. The molecule has 0 aliphatic heterocycles. The molecule has 0 spiro atoms. The van der Waals surface area contributed by atoms with Gasteiger partial charge in [-0.3, -0.25) is 4.79 Å². The van der Waals surface area contributed by atoms with Crippen molar-refractivity contribution in [3.63, 3.8) is 0 Å². The smallest absolute Gasteiger partial charge is 0.223 e. The van der Waals surface area contributed by atoms with E-state index in [1.54, 1.807) is 0 Å². The van der Waals surface area contributed by atoms with Crippen molar-refractivity contribution in [2.45, 2.75) is 58.3 Å². The van der Waals surface area contributed by atoms with E-state index < -0.39 is 0 Å². The highest BCUT2D eigenvalue weighted by Gasteiger charge is 2.25. The van der Waals surface area contributed by atoms with Crippen molar-refractivity contribution in [3.05, 3.63) is 0 Å². The minimum absolute atomic E-state index is 0. The second-order valence-electron chi connectivity index (χ2n) is 5.29. The molecule has 1 rings (SSSR count). The van der Waals surface area contributed by atoms with Crippen LogP contribution < -0.4 is 11.1 Å². The lowest BCUT2D eigenvalue weighted by Gasteiger charge is -2.27. The second-order valence-corrected chi connectivity index (χ2v) is 5.29. The van der Waals surface area contributed by atoms with Crippen molar-refractivity contribution in [2.75, 3.05) is 13.1 Å². The van der Waals surface area contributed by atoms with Gasteiger partial charge in [0.05, 0.1) is 0 Å². The molecule has 1 aliphatic carbocycles. The summed E-state index contributed by atoms with van der Waals surface area (Å²) >= 11 is 0. The van der Waals surface area contributed by atoms with Gasteiger partial charge in [0.15, 0.2) is 0 Å². The lowest BCUT2D eigenvalue weighted by molar-refractivity contribution is -0.126. The third-order valence-corrected chi connectivity index (χ3v) is 3.86. The summed E-state index contributed by atoms with van der Waals surface area (Å²) in [5.74, 6) is 1.40. The molecule has 0 atom stereocenters. The molecule has 0 heterocycles. The fraction of sp³-hybridized carbons (Fsp3) is 0.929. The fourth-order valence-corrected chi connectivity index (χ4v) is 2.66. The van der Waals surface area contributed by atoms with Crippen LogP contribution in [-0.4, -0.2) is 19.0 Å². The van der Waals surface area contributed by atoms with Crippen LogP contribution in [0.2, 0.25) is 0 Å². The van der Waals surface area contributed by atoms with Gasteiger partial charge in [-0.05, 0) is 44.6 Å². The van der Waals surface area contributed by atoms with Gasteiger partial charge in [-0.1, -0.05) is 26.2 Å². The number of hydrogen-bond donors (Lipinski definition) is 2. The van der Waals surface area contributed by atoms with E-state index in [0.717, 1.165) is 31.7 Å². The van der Waals surface area contributed by atoms with Crippen LogP contribution in [0.3, 0.4) is 0 Å². The molecule has 0 unspecified atom stereocenters. The first-order valence-corrected chi connectivity index (χ1v) is 7.25. The highest BCUT2D eigenvalue weighted by molar-refractivity contribution is 5.85. The van der Waals surface area contributed by atoms with Crippen molar-refractivity contribution in [3.8, 4) is 0 Å². The van der Waals surface area contributed by atoms with Crippen LogP contribution >= 0.6 is 12.4 Å². The first-order chi connectivity index (χ1) is 8.27. The number of halogens is 1. The molecule has 1 amide bonds. The number of amides is 1. The Balaban J connectivity index is 0.00000289. The van der Waals surface area contributed by atoms with Crippen molar-refractivity contribution in [1.82, 2.24) is 5.32 Å². The molecular weight excluding hydrogens is 248 g/mol. The van der Waals surface area contributed by atoms with Crippen LogP contribution in [0.4, 0.5) is 0 Å². The summed E-state index contributed by atoms with van der Waals surface area (Å²) in [6.45, 7) is 3.64. The van der Waals surface area contributed by atoms with Crippen LogP contribution in [0.1, 0.15) is 58.3 Å². The molecule has 0 aromatic carbocycles. The van der Waals surface area contributed by atoms with Crippen molar-refractivity contribution < 1.29 is 4.79 Å². The zero-order valence-corrected chi connectivity index (χ0v) is 12.4. The Morgan fingerprint density at radius 2 is 1.89 bits per heavy atom. The predicted octanol–water partition coefficient (Wildman–Crippen LogP) is 2.87. The summed E-state index contributed by atoms with van der Waals surface area (Å²) in [7, 11) is 0. The number of nitrogens with two attached hydrogens (primary N) is 1. The van der Waals surface area contributed by atoms with Gasteiger partial charge in [0, 0.05) is 12.5 Å². The molecule has 0 aromatic rings. The average Bonchev–Trinajstić information content (AvgIpc) is 2.37. The summed E-state index contributed by atoms with van der Waals surface area (Å²) in [5.41, 5.74) is 5.41. The van der Waals surface area contributed by atoms with E-state index in [1.165, 1.54) is 32.1 Å². The van der Waals surface area contributed by atoms with Gasteiger partial charge in [0.1, 0.15) is 0 Å². The molecule has 4 heteroatoms. The molecule has 3 N–H and O–H groups in total. The Bertz CT molecular complexity index is 216. The summed E-state index contributed by atoms with van der Waals surface area (Å²) < 4.78 is 0. The standard InChI is InChI=1S/C14H28N2O.ClH/c1-2-3-5-12-6-8-13(9-7-12)14(17)16-11-4-10-15;/h12-13H,2-11,15H2,1H3,(H,16,17);1H. The number of hydrogen-bond acceptors (Lipinski definition) is 2. The largest absolute Gasteiger partial charge is 0.356 e. The predicted molar refractivity (Wildman–Crippen MR) is 78.9 cm³/mol. The Morgan fingerprint density at radius 1 is 1.22 bits per heavy atom. The Morgan fingerprint density at radius 3 is 2.44 bits per heavy atom. The molecule has 1 aliphatic rings. The van der Waals surface area contributed by atoms with E-state index >= 15 is 0 Å². The summed E-state index contributed by atoms with van der Waals surface area (Å²) in [6, 6.07) is 0. The highest BCUT2D eigenvalue weighted by Crippen LogP contribution is 2.31. The SMILES string of the molecule is CCCCC1CCC(C(=O)NCCCN)CC1.Cl. The molecule has 108 valence electrons. The molecule has 3 nitrogen and oxygen atoms in total. The van der Waals surface area contributed by atoms with Gasteiger partial charge >= 0.3 is 0 Å². The molecule has 0 radical (unpaired) electrons. The molecule has 18 heavy (non-hydrogen) atoms. The zero-order chi connectivity index (χ0) is 12.5. The second kappa shape index (κ2) is 10.6. The first kappa shape index (κ1) is 17.7. The van der Waals surface area contributed by atoms with Crippen molar-refractivity contribution >= 4 is 18.3 Å². The molecular formula is C14H29ClN2O. The van der Waals surface area contributed by atoms with Crippen molar-refractivity contribution in [1.29, 1.82) is 0 Å². The number of carbonyl (C=O) groups is 1. The number of unbranched alkanes of at least 4 members (excludes halogenated alkanes) is 1. The van der Waals surface area contributed by atoms with E-state index in [0.29, 0.717) is 6.54 Å². The lowest BCUT2D eigenvalue weighted by atomic mass is 9.79. The topological polar surface area (TPSA) is 55.1 Å². The molecule has 1 fully saturated rings. The van der Waals surface area contributed by atoms with Crippen LogP contribution in [-0.2, 0) is 4.79 Å². The Labute approximate surface area is 118 Å². The fourth-order valence-electron chi connectivity index (χ4n) is 2.66. The zero-order valence-electron chi connectivity index (χ0n) is 11.6. The maximum atomic E-state index is 11.8. The van der Waals surface area contributed by atoms with Gasteiger partial charge in [-0.15, -0.1) is 12.4 Å². The molecule has 1 saturated carbocycles. The summed E-state index contributed by atoms with van der Waals surface area (Å²) in [4.78, 5) is 11.8. The van der Waals surface area contributed by atoms with Crippen molar-refractivity contribution in [2.24, 2.45) is 17.6 Å².